The van der Waals surface area contributed by atoms with Crippen LogP contribution < -0.4 is 11.4 Å². The monoisotopic (exact) mass is 343 g/mol. The second kappa shape index (κ2) is 7.00. The number of aromatic amines is 1. The van der Waals surface area contributed by atoms with Gasteiger partial charge in [0.25, 0.3) is 0 Å². The lowest BCUT2D eigenvalue weighted by atomic mass is 9.86. The smallest absolute Gasteiger partial charge is 0.346 e. The van der Waals surface area contributed by atoms with Crippen LogP contribution in [0.4, 0.5) is 5.82 Å². The quantitative estimate of drug-likeness (QED) is 0.470. The minimum Gasteiger partial charge on any atom is -0.383 e. The summed E-state index contributed by atoms with van der Waals surface area (Å²) in [6, 6.07) is 19.5. The van der Waals surface area contributed by atoms with Gasteiger partial charge in [0.05, 0.1) is 0 Å². The summed E-state index contributed by atoms with van der Waals surface area (Å²) < 4.78 is 0. The van der Waals surface area contributed by atoms with Crippen molar-refractivity contribution in [3.63, 3.8) is 0 Å². The number of H-pyrrole nitrogens is 1. The topological polar surface area (TPSA) is 71.8 Å². The molecule has 0 radical (unpaired) electrons. The van der Waals surface area contributed by atoms with Gasteiger partial charge < -0.3 is 10.7 Å². The second-order valence-corrected chi connectivity index (χ2v) is 6.61. The van der Waals surface area contributed by atoms with Crippen LogP contribution in [0.25, 0.3) is 21.5 Å². The Morgan fingerprint density at radius 2 is 1.65 bits per heavy atom. The second-order valence-electron chi connectivity index (χ2n) is 6.61. The van der Waals surface area contributed by atoms with Gasteiger partial charge in [0, 0.05) is 6.20 Å². The van der Waals surface area contributed by atoms with E-state index in [0.29, 0.717) is 0 Å². The molecule has 4 nitrogen and oxygen atoms in total. The van der Waals surface area contributed by atoms with Crippen LogP contribution in [0.1, 0.15) is 24.0 Å². The summed E-state index contributed by atoms with van der Waals surface area (Å²) in [4.78, 5) is 15.9. The molecule has 26 heavy (non-hydrogen) atoms. The van der Waals surface area contributed by atoms with E-state index >= 15 is 0 Å². The number of anilines is 1. The molecule has 0 unspecified atom stereocenters. The van der Waals surface area contributed by atoms with Gasteiger partial charge >= 0.3 is 5.69 Å². The summed E-state index contributed by atoms with van der Waals surface area (Å²) in [5, 5.41) is 5.64. The van der Waals surface area contributed by atoms with Crippen molar-refractivity contribution in [3.8, 4) is 0 Å². The fourth-order valence-corrected chi connectivity index (χ4v) is 3.73. The van der Waals surface area contributed by atoms with Crippen LogP contribution in [0.15, 0.2) is 65.6 Å². The fourth-order valence-electron chi connectivity index (χ4n) is 3.73. The largest absolute Gasteiger partial charge is 0.383 e. The van der Waals surface area contributed by atoms with Gasteiger partial charge in [-0.15, -0.1) is 0 Å². The first kappa shape index (κ1) is 16.3. The van der Waals surface area contributed by atoms with E-state index in [0.717, 1.165) is 0 Å². The number of nitrogen functional groups attached to an aromatic ring is 1. The minimum atomic E-state index is -0.412. The van der Waals surface area contributed by atoms with E-state index in [4.69, 9.17) is 5.73 Å². The van der Waals surface area contributed by atoms with Gasteiger partial charge in [0.15, 0.2) is 0 Å². The standard InChI is InChI=1S/C18H16.C4H5N3O/c1-3-7-15-13(5-1)9-11-18-16-8-4-2-6-14(16)10-12-17(15)18;5-3-1-2-6-4(8)7-3/h1,3,5,7,9-12H,2,4,6,8H2;1-2H,(H3,5,6,7,8). The van der Waals surface area contributed by atoms with Crippen molar-refractivity contribution in [1.29, 1.82) is 0 Å². The van der Waals surface area contributed by atoms with Crippen LogP contribution in [0, 0.1) is 0 Å². The summed E-state index contributed by atoms with van der Waals surface area (Å²) in [5.74, 6) is 0.244. The molecule has 0 fully saturated rings. The Morgan fingerprint density at radius 3 is 2.46 bits per heavy atom. The Bertz CT molecular complexity index is 1130. The van der Waals surface area contributed by atoms with Crippen LogP contribution in [0.2, 0.25) is 0 Å². The maximum atomic E-state index is 10.2. The van der Waals surface area contributed by atoms with E-state index in [1.54, 1.807) is 11.1 Å². The van der Waals surface area contributed by atoms with Crippen LogP contribution in [-0.2, 0) is 12.8 Å². The zero-order valence-corrected chi connectivity index (χ0v) is 14.5. The molecule has 5 rings (SSSR count). The molecule has 1 heterocycles. The number of hydrogen-bond donors (Lipinski definition) is 2. The normalized spacial score (nSPS) is 13.1. The van der Waals surface area contributed by atoms with Gasteiger partial charge in [-0.25, -0.2) is 4.79 Å². The van der Waals surface area contributed by atoms with Crippen molar-refractivity contribution in [1.82, 2.24) is 9.97 Å². The molecule has 130 valence electrons. The van der Waals surface area contributed by atoms with Gasteiger partial charge in [0.2, 0.25) is 0 Å². The van der Waals surface area contributed by atoms with Gasteiger partial charge in [0.1, 0.15) is 5.82 Å². The first-order chi connectivity index (χ1) is 12.7. The molecule has 0 saturated heterocycles. The first-order valence-electron chi connectivity index (χ1n) is 8.96. The number of aromatic nitrogens is 2. The highest BCUT2D eigenvalue weighted by molar-refractivity contribution is 6.08. The zero-order valence-electron chi connectivity index (χ0n) is 14.5. The Balaban J connectivity index is 0.000000178. The first-order valence-corrected chi connectivity index (χ1v) is 8.96. The zero-order chi connectivity index (χ0) is 17.9. The lowest BCUT2D eigenvalue weighted by molar-refractivity contribution is 0.690. The average molecular weight is 343 g/mol. The number of rotatable bonds is 0. The molecule has 0 amide bonds. The molecule has 0 atom stereocenters. The third-order valence-electron chi connectivity index (χ3n) is 4.95. The van der Waals surface area contributed by atoms with Crippen molar-refractivity contribution in [2.24, 2.45) is 0 Å². The average Bonchev–Trinajstić information content (AvgIpc) is 2.68. The van der Waals surface area contributed by atoms with E-state index in [9.17, 15) is 4.79 Å². The summed E-state index contributed by atoms with van der Waals surface area (Å²) in [6.45, 7) is 0. The number of hydrogen-bond acceptors (Lipinski definition) is 3. The molecule has 4 aromatic rings. The Morgan fingerprint density at radius 1 is 0.846 bits per heavy atom. The van der Waals surface area contributed by atoms with Gasteiger partial charge in [-0.3, -0.25) is 0 Å². The molecule has 3 aromatic carbocycles. The molecule has 0 bridgehead atoms. The van der Waals surface area contributed by atoms with Crippen LogP contribution in [0.5, 0.6) is 0 Å². The number of nitrogens with two attached hydrogens (primary N) is 1. The molecular weight excluding hydrogens is 322 g/mol. The lowest BCUT2D eigenvalue weighted by Gasteiger charge is -2.18. The Kier molecular flexibility index (Phi) is 4.40. The SMILES string of the molecule is Nc1cc[nH]c(=O)n1.c1ccc2c(c1)ccc1c3c(ccc12)CCCC3. The molecule has 0 aliphatic heterocycles. The molecule has 3 N–H and O–H groups in total. The predicted molar refractivity (Wildman–Crippen MR) is 107 cm³/mol. The van der Waals surface area contributed by atoms with E-state index in [1.165, 1.54) is 59.5 Å². The molecule has 1 aromatic heterocycles. The number of aryl methyl sites for hydroxylation is 2. The maximum Gasteiger partial charge on any atom is 0.346 e. The van der Waals surface area contributed by atoms with Crippen molar-refractivity contribution < 1.29 is 0 Å². The van der Waals surface area contributed by atoms with E-state index in [1.807, 2.05) is 0 Å². The number of nitrogens with one attached hydrogen (secondary N) is 1. The minimum absolute atomic E-state index is 0.244. The summed E-state index contributed by atoms with van der Waals surface area (Å²) in [5.41, 5.74) is 7.89. The number of benzene rings is 3. The summed E-state index contributed by atoms with van der Waals surface area (Å²) >= 11 is 0. The highest BCUT2D eigenvalue weighted by Crippen LogP contribution is 2.33. The third-order valence-corrected chi connectivity index (χ3v) is 4.95. The number of nitrogens with zero attached hydrogens (tertiary/aromatic N) is 1. The predicted octanol–water partition coefficient (Wildman–Crippen LogP) is 4.22. The summed E-state index contributed by atoms with van der Waals surface area (Å²) in [7, 11) is 0. The highest BCUT2D eigenvalue weighted by atomic mass is 16.1. The molecule has 0 spiro atoms. The Labute approximate surface area is 151 Å². The van der Waals surface area contributed by atoms with Crippen molar-refractivity contribution in [2.45, 2.75) is 25.7 Å². The fraction of sp³-hybridized carbons (Fsp3) is 0.182. The van der Waals surface area contributed by atoms with Crippen molar-refractivity contribution in [3.05, 3.63) is 82.4 Å². The van der Waals surface area contributed by atoms with Crippen molar-refractivity contribution >= 4 is 27.4 Å². The summed E-state index contributed by atoms with van der Waals surface area (Å²) in [6.07, 6.45) is 6.67. The highest BCUT2D eigenvalue weighted by Gasteiger charge is 2.13. The van der Waals surface area contributed by atoms with Crippen LogP contribution in [0.3, 0.4) is 0 Å². The molecule has 0 saturated carbocycles. The third kappa shape index (κ3) is 3.18. The van der Waals surface area contributed by atoms with Gasteiger partial charge in [-0.2, -0.15) is 4.98 Å². The van der Waals surface area contributed by atoms with Gasteiger partial charge in [-0.05, 0) is 64.4 Å². The van der Waals surface area contributed by atoms with E-state index in [-0.39, 0.29) is 5.82 Å². The molecule has 1 aliphatic rings. The number of fused-ring (bicyclic) bond motifs is 5. The van der Waals surface area contributed by atoms with E-state index < -0.39 is 5.69 Å². The molecule has 1 aliphatic carbocycles. The molecular formula is C22H21N3O. The van der Waals surface area contributed by atoms with Crippen LogP contribution in [-0.4, -0.2) is 9.97 Å². The Hall–Kier alpha value is -3.14. The molecule has 4 heteroatoms. The van der Waals surface area contributed by atoms with Crippen molar-refractivity contribution in [2.75, 3.05) is 5.73 Å². The van der Waals surface area contributed by atoms with Gasteiger partial charge in [-0.1, -0.05) is 48.5 Å². The van der Waals surface area contributed by atoms with Crippen LogP contribution >= 0.6 is 0 Å². The van der Waals surface area contributed by atoms with E-state index in [2.05, 4.69) is 58.5 Å². The maximum absolute atomic E-state index is 10.2. The lowest BCUT2D eigenvalue weighted by Crippen LogP contribution is -2.10.